The van der Waals surface area contributed by atoms with Gasteiger partial charge in [0.25, 0.3) is 5.91 Å². The van der Waals surface area contributed by atoms with Gasteiger partial charge in [0, 0.05) is 18.0 Å². The Morgan fingerprint density at radius 3 is 2.67 bits per heavy atom. The molecule has 0 unspecified atom stereocenters. The summed E-state index contributed by atoms with van der Waals surface area (Å²) in [5, 5.41) is 3.87. The van der Waals surface area contributed by atoms with Crippen LogP contribution in [0.5, 0.6) is 0 Å². The lowest BCUT2D eigenvalue weighted by Gasteiger charge is -2.00. The van der Waals surface area contributed by atoms with Crippen LogP contribution in [0.4, 0.5) is 0 Å². The number of carbonyl (C=O) groups is 1. The van der Waals surface area contributed by atoms with Crippen LogP contribution in [0.15, 0.2) is 29.6 Å². The van der Waals surface area contributed by atoms with Gasteiger partial charge < -0.3 is 5.73 Å². The summed E-state index contributed by atoms with van der Waals surface area (Å²) in [7, 11) is 0. The van der Waals surface area contributed by atoms with E-state index in [2.05, 4.69) is 15.5 Å². The van der Waals surface area contributed by atoms with Gasteiger partial charge in [-0.1, -0.05) is 0 Å². The lowest BCUT2D eigenvalue weighted by molar-refractivity contribution is -0.119. The molecule has 0 aliphatic rings. The number of amides is 1. The molecule has 0 aromatic carbocycles. The third-order valence-corrected chi connectivity index (χ3v) is 1.63. The number of hydrazone groups is 1. The normalized spacial score (nSPS) is 10.4. The molecule has 3 N–H and O–H groups in total. The van der Waals surface area contributed by atoms with Crippen molar-refractivity contribution in [1.29, 1.82) is 0 Å². The minimum absolute atomic E-state index is 0. The number of halogens is 1. The molecule has 0 bridgehead atoms. The van der Waals surface area contributed by atoms with Crippen LogP contribution < -0.4 is 11.2 Å². The first-order valence-corrected chi connectivity index (χ1v) is 4.17. The molecule has 1 amide bonds. The lowest BCUT2D eigenvalue weighted by atomic mass is 10.2. The summed E-state index contributed by atoms with van der Waals surface area (Å²) in [5.41, 5.74) is 9.07. The molecule has 1 heterocycles. The van der Waals surface area contributed by atoms with E-state index in [4.69, 9.17) is 5.73 Å². The van der Waals surface area contributed by atoms with Crippen molar-refractivity contribution in [1.82, 2.24) is 10.4 Å². The summed E-state index contributed by atoms with van der Waals surface area (Å²) in [6.07, 6.45) is 3.33. The molecule has 6 heteroatoms. The zero-order valence-corrected chi connectivity index (χ0v) is 9.12. The fourth-order valence-corrected chi connectivity index (χ4v) is 0.850. The third-order valence-electron chi connectivity index (χ3n) is 1.63. The molecular formula is C9H13ClN4O. The van der Waals surface area contributed by atoms with E-state index in [-0.39, 0.29) is 24.9 Å². The summed E-state index contributed by atoms with van der Waals surface area (Å²) in [5.74, 6) is -0.307. The highest BCUT2D eigenvalue weighted by molar-refractivity contribution is 5.99. The molecule has 0 saturated heterocycles. The summed E-state index contributed by atoms with van der Waals surface area (Å²) in [6, 6.07) is 3.63. The minimum Gasteiger partial charge on any atom is -0.322 e. The number of nitrogens with one attached hydrogen (secondary N) is 1. The molecule has 0 radical (unpaired) electrons. The maximum Gasteiger partial charge on any atom is 0.253 e. The molecule has 0 atom stereocenters. The second-order valence-corrected chi connectivity index (χ2v) is 2.67. The second-order valence-electron chi connectivity index (χ2n) is 2.67. The minimum atomic E-state index is -0.307. The van der Waals surface area contributed by atoms with Crippen LogP contribution in [0.1, 0.15) is 12.5 Å². The van der Waals surface area contributed by atoms with E-state index in [9.17, 15) is 4.79 Å². The lowest BCUT2D eigenvalue weighted by Crippen LogP contribution is -2.27. The van der Waals surface area contributed by atoms with Gasteiger partial charge in [-0.2, -0.15) is 5.10 Å². The summed E-state index contributed by atoms with van der Waals surface area (Å²) in [4.78, 5) is 14.7. The summed E-state index contributed by atoms with van der Waals surface area (Å²) in [6.45, 7) is 1.74. The number of nitrogens with two attached hydrogens (primary N) is 1. The second kappa shape index (κ2) is 6.92. The van der Waals surface area contributed by atoms with Crippen molar-refractivity contribution in [3.63, 3.8) is 0 Å². The van der Waals surface area contributed by atoms with Crippen LogP contribution in [0.3, 0.4) is 0 Å². The van der Waals surface area contributed by atoms with Crippen LogP contribution in [0, 0.1) is 0 Å². The molecule has 0 spiro atoms. The SMILES string of the molecule is CC(=NNC(=O)CN)c1ccncc1.Cl. The molecule has 1 aromatic rings. The van der Waals surface area contributed by atoms with Crippen molar-refractivity contribution in [3.8, 4) is 0 Å². The first-order chi connectivity index (χ1) is 6.74. The van der Waals surface area contributed by atoms with Crippen LogP contribution in [0.25, 0.3) is 0 Å². The number of hydrogen-bond donors (Lipinski definition) is 2. The summed E-state index contributed by atoms with van der Waals surface area (Å²) < 4.78 is 0. The highest BCUT2D eigenvalue weighted by Gasteiger charge is 1.97. The van der Waals surface area contributed by atoms with E-state index in [0.29, 0.717) is 5.71 Å². The molecule has 5 nitrogen and oxygen atoms in total. The van der Waals surface area contributed by atoms with Gasteiger partial charge in [0.15, 0.2) is 0 Å². The van der Waals surface area contributed by atoms with E-state index in [0.717, 1.165) is 5.56 Å². The average Bonchev–Trinajstić information content (AvgIpc) is 2.26. The van der Waals surface area contributed by atoms with Crippen LogP contribution >= 0.6 is 12.4 Å². The van der Waals surface area contributed by atoms with Gasteiger partial charge in [0.2, 0.25) is 0 Å². The van der Waals surface area contributed by atoms with Crippen molar-refractivity contribution in [2.45, 2.75) is 6.92 Å². The molecule has 0 aliphatic heterocycles. The number of aromatic nitrogens is 1. The van der Waals surface area contributed by atoms with Crippen molar-refractivity contribution >= 4 is 24.0 Å². The standard InChI is InChI=1S/C9H12N4O.ClH/c1-7(12-13-9(14)6-10)8-2-4-11-5-3-8;/h2-5H,6,10H2,1H3,(H,13,14);1H. The monoisotopic (exact) mass is 228 g/mol. The Kier molecular flexibility index (Phi) is 6.24. The smallest absolute Gasteiger partial charge is 0.253 e. The number of carbonyl (C=O) groups excluding carboxylic acids is 1. The van der Waals surface area contributed by atoms with Gasteiger partial charge in [0.05, 0.1) is 12.3 Å². The van der Waals surface area contributed by atoms with Crippen molar-refractivity contribution in [2.24, 2.45) is 10.8 Å². The third kappa shape index (κ3) is 4.53. The van der Waals surface area contributed by atoms with Gasteiger partial charge in [-0.25, -0.2) is 5.43 Å². The van der Waals surface area contributed by atoms with Crippen molar-refractivity contribution in [3.05, 3.63) is 30.1 Å². The number of rotatable bonds is 3. The molecule has 1 aromatic heterocycles. The Morgan fingerprint density at radius 1 is 1.53 bits per heavy atom. The van der Waals surface area contributed by atoms with Gasteiger partial charge in [0.1, 0.15) is 0 Å². The molecule has 82 valence electrons. The Labute approximate surface area is 94.2 Å². The van der Waals surface area contributed by atoms with Crippen molar-refractivity contribution < 1.29 is 4.79 Å². The maximum absolute atomic E-state index is 10.8. The fourth-order valence-electron chi connectivity index (χ4n) is 0.850. The first kappa shape index (κ1) is 13.5. The van der Waals surface area contributed by atoms with Crippen LogP contribution in [0.2, 0.25) is 0 Å². The number of nitrogens with zero attached hydrogens (tertiary/aromatic N) is 2. The van der Waals surface area contributed by atoms with Gasteiger partial charge in [-0.3, -0.25) is 9.78 Å². The fraction of sp³-hybridized carbons (Fsp3) is 0.222. The van der Waals surface area contributed by atoms with Gasteiger partial charge in [-0.05, 0) is 19.1 Å². The Morgan fingerprint density at radius 2 is 2.13 bits per heavy atom. The molecule has 15 heavy (non-hydrogen) atoms. The zero-order chi connectivity index (χ0) is 10.4. The molecule has 0 fully saturated rings. The molecule has 0 aliphatic carbocycles. The Hall–Kier alpha value is -1.46. The number of hydrogen-bond acceptors (Lipinski definition) is 4. The Balaban J connectivity index is 0.00000196. The molecule has 1 rings (SSSR count). The largest absolute Gasteiger partial charge is 0.322 e. The van der Waals surface area contributed by atoms with Gasteiger partial charge >= 0.3 is 0 Å². The van der Waals surface area contributed by atoms with E-state index in [1.165, 1.54) is 0 Å². The van der Waals surface area contributed by atoms with E-state index in [1.54, 1.807) is 19.3 Å². The quantitative estimate of drug-likeness (QED) is 0.577. The number of pyridine rings is 1. The average molecular weight is 229 g/mol. The zero-order valence-electron chi connectivity index (χ0n) is 8.30. The van der Waals surface area contributed by atoms with Gasteiger partial charge in [-0.15, -0.1) is 12.4 Å². The topological polar surface area (TPSA) is 80.4 Å². The predicted octanol–water partition coefficient (Wildman–Crippen LogP) is 0.302. The highest BCUT2D eigenvalue weighted by Crippen LogP contribution is 1.97. The van der Waals surface area contributed by atoms with E-state index >= 15 is 0 Å². The summed E-state index contributed by atoms with van der Waals surface area (Å²) >= 11 is 0. The predicted molar refractivity (Wildman–Crippen MR) is 60.9 cm³/mol. The molecular weight excluding hydrogens is 216 g/mol. The van der Waals surface area contributed by atoms with E-state index in [1.807, 2.05) is 12.1 Å². The van der Waals surface area contributed by atoms with Crippen molar-refractivity contribution in [2.75, 3.05) is 6.54 Å². The maximum atomic E-state index is 10.8. The molecule has 0 saturated carbocycles. The Bertz CT molecular complexity index is 339. The van der Waals surface area contributed by atoms with Crippen LogP contribution in [-0.4, -0.2) is 23.1 Å². The first-order valence-electron chi connectivity index (χ1n) is 4.17. The highest BCUT2D eigenvalue weighted by atomic mass is 35.5. The van der Waals surface area contributed by atoms with E-state index < -0.39 is 0 Å². The van der Waals surface area contributed by atoms with Crippen LogP contribution in [-0.2, 0) is 4.79 Å².